The summed E-state index contributed by atoms with van der Waals surface area (Å²) in [6.45, 7) is 3.32. The number of aliphatic imine (C=N–C) groups is 1. The van der Waals surface area contributed by atoms with Crippen molar-refractivity contribution < 1.29 is 0 Å². The van der Waals surface area contributed by atoms with Crippen LogP contribution in [0.1, 0.15) is 41.2 Å². The Hall–Kier alpha value is -2.09. The number of aromatic nitrogens is 2. The number of nitrogens with zero attached hydrogens (tertiary/aromatic N) is 3. The maximum atomic E-state index is 12.7. The molecule has 7 heteroatoms. The molecule has 1 N–H and O–H groups in total. The fourth-order valence-corrected chi connectivity index (χ4v) is 5.76. The van der Waals surface area contributed by atoms with Crippen molar-refractivity contribution in [3.05, 3.63) is 62.0 Å². The van der Waals surface area contributed by atoms with Crippen molar-refractivity contribution in [1.29, 1.82) is 0 Å². The van der Waals surface area contributed by atoms with Crippen LogP contribution in [0.15, 0.2) is 39.4 Å². The van der Waals surface area contributed by atoms with Gasteiger partial charge in [0.2, 0.25) is 0 Å². The molecule has 2 aliphatic rings. The summed E-state index contributed by atoms with van der Waals surface area (Å²) in [6.07, 6.45) is 3.99. The summed E-state index contributed by atoms with van der Waals surface area (Å²) in [6, 6.07) is 8.67. The molecule has 144 valence electrons. The molecule has 0 radical (unpaired) electrons. The third kappa shape index (κ3) is 3.62. The number of H-pyrrole nitrogens is 1. The molecule has 0 bridgehead atoms. The summed E-state index contributed by atoms with van der Waals surface area (Å²) in [5.74, 6) is 0.691. The number of hydrogen-bond acceptors (Lipinski definition) is 6. The molecular formula is C21H22N4OS2. The van der Waals surface area contributed by atoms with E-state index >= 15 is 0 Å². The number of aromatic amines is 1. The Balaban J connectivity index is 1.33. The van der Waals surface area contributed by atoms with Crippen LogP contribution < -0.4 is 5.56 Å². The number of fused-ring (bicyclic) bond motifs is 1. The van der Waals surface area contributed by atoms with Crippen molar-refractivity contribution in [2.24, 2.45) is 4.99 Å². The highest BCUT2D eigenvalue weighted by molar-refractivity contribution is 7.21. The van der Waals surface area contributed by atoms with E-state index in [1.807, 2.05) is 11.3 Å². The van der Waals surface area contributed by atoms with Gasteiger partial charge in [0.1, 0.15) is 0 Å². The van der Waals surface area contributed by atoms with Gasteiger partial charge in [-0.2, -0.15) is 0 Å². The second kappa shape index (κ2) is 7.73. The van der Waals surface area contributed by atoms with E-state index in [0.29, 0.717) is 12.4 Å². The zero-order valence-electron chi connectivity index (χ0n) is 15.6. The SMILES string of the molecule is O=c1[nH]c(C2=NCCCC2)nc2c1CN(Cc1ccc(-c3cccs3)s1)CC2. The minimum Gasteiger partial charge on any atom is -0.305 e. The van der Waals surface area contributed by atoms with Gasteiger partial charge in [0, 0.05) is 47.2 Å². The van der Waals surface area contributed by atoms with Gasteiger partial charge in [-0.05, 0) is 42.8 Å². The molecular weight excluding hydrogens is 388 g/mol. The molecule has 0 aromatic carbocycles. The van der Waals surface area contributed by atoms with E-state index < -0.39 is 0 Å². The van der Waals surface area contributed by atoms with Gasteiger partial charge in [0.25, 0.3) is 5.56 Å². The highest BCUT2D eigenvalue weighted by Gasteiger charge is 2.23. The van der Waals surface area contributed by atoms with Crippen LogP contribution in [0.25, 0.3) is 9.75 Å². The maximum absolute atomic E-state index is 12.7. The number of hydrogen-bond donors (Lipinski definition) is 1. The Morgan fingerprint density at radius 2 is 2.11 bits per heavy atom. The predicted octanol–water partition coefficient (Wildman–Crippen LogP) is 4.09. The average molecular weight is 411 g/mol. The quantitative estimate of drug-likeness (QED) is 0.705. The lowest BCUT2D eigenvalue weighted by Gasteiger charge is -2.27. The number of nitrogens with one attached hydrogen (secondary N) is 1. The molecule has 0 spiro atoms. The second-order valence-electron chi connectivity index (χ2n) is 7.33. The van der Waals surface area contributed by atoms with Crippen molar-refractivity contribution >= 4 is 28.4 Å². The van der Waals surface area contributed by atoms with E-state index in [0.717, 1.165) is 62.3 Å². The zero-order valence-corrected chi connectivity index (χ0v) is 17.2. The smallest absolute Gasteiger partial charge is 0.255 e. The van der Waals surface area contributed by atoms with Crippen molar-refractivity contribution in [3.63, 3.8) is 0 Å². The molecule has 0 fully saturated rings. The van der Waals surface area contributed by atoms with Gasteiger partial charge in [0.05, 0.1) is 17.0 Å². The molecule has 5 heterocycles. The molecule has 0 aliphatic carbocycles. The second-order valence-corrected chi connectivity index (χ2v) is 9.45. The first kappa shape index (κ1) is 18.0. The van der Waals surface area contributed by atoms with Gasteiger partial charge in [0.15, 0.2) is 5.82 Å². The lowest BCUT2D eigenvalue weighted by Crippen LogP contribution is -2.36. The highest BCUT2D eigenvalue weighted by Crippen LogP contribution is 2.32. The maximum Gasteiger partial charge on any atom is 0.255 e. The van der Waals surface area contributed by atoms with Crippen molar-refractivity contribution in [1.82, 2.24) is 14.9 Å². The summed E-state index contributed by atoms with van der Waals surface area (Å²) in [5, 5.41) is 2.11. The van der Waals surface area contributed by atoms with Gasteiger partial charge in [-0.1, -0.05) is 6.07 Å². The Labute approximate surface area is 171 Å². The minimum atomic E-state index is 0.00317. The van der Waals surface area contributed by atoms with Crippen molar-refractivity contribution in [2.75, 3.05) is 13.1 Å². The molecule has 0 atom stereocenters. The normalized spacial score (nSPS) is 17.4. The van der Waals surface area contributed by atoms with Crippen LogP contribution in [0, 0.1) is 0 Å². The first-order chi connectivity index (χ1) is 13.8. The lowest BCUT2D eigenvalue weighted by molar-refractivity contribution is 0.244. The minimum absolute atomic E-state index is 0.00317. The first-order valence-electron chi connectivity index (χ1n) is 9.77. The fraction of sp³-hybridized carbons (Fsp3) is 0.381. The molecule has 3 aromatic rings. The van der Waals surface area contributed by atoms with E-state index in [2.05, 4.69) is 44.5 Å². The predicted molar refractivity (Wildman–Crippen MR) is 116 cm³/mol. The molecule has 0 saturated carbocycles. The Morgan fingerprint density at radius 1 is 1.14 bits per heavy atom. The largest absolute Gasteiger partial charge is 0.305 e. The monoisotopic (exact) mass is 410 g/mol. The molecule has 5 nitrogen and oxygen atoms in total. The molecule has 3 aromatic heterocycles. The van der Waals surface area contributed by atoms with Crippen molar-refractivity contribution in [3.8, 4) is 9.75 Å². The average Bonchev–Trinajstić information content (AvgIpc) is 3.41. The fourth-order valence-electron chi connectivity index (χ4n) is 3.88. The van der Waals surface area contributed by atoms with Crippen LogP contribution in [0.3, 0.4) is 0 Å². The molecule has 2 aliphatic heterocycles. The van der Waals surface area contributed by atoms with Crippen LogP contribution in [0.5, 0.6) is 0 Å². The highest BCUT2D eigenvalue weighted by atomic mass is 32.1. The number of rotatable bonds is 4. The van der Waals surface area contributed by atoms with E-state index in [1.165, 1.54) is 14.6 Å². The summed E-state index contributed by atoms with van der Waals surface area (Å²) in [5.41, 5.74) is 2.74. The summed E-state index contributed by atoms with van der Waals surface area (Å²) in [4.78, 5) is 31.4. The van der Waals surface area contributed by atoms with Crippen LogP contribution in [-0.2, 0) is 19.5 Å². The van der Waals surface area contributed by atoms with E-state index in [9.17, 15) is 4.79 Å². The van der Waals surface area contributed by atoms with E-state index in [1.54, 1.807) is 11.3 Å². The van der Waals surface area contributed by atoms with Gasteiger partial charge in [-0.3, -0.25) is 14.7 Å². The van der Waals surface area contributed by atoms with E-state index in [-0.39, 0.29) is 5.56 Å². The van der Waals surface area contributed by atoms with E-state index in [4.69, 9.17) is 4.98 Å². The molecule has 28 heavy (non-hydrogen) atoms. The van der Waals surface area contributed by atoms with Crippen LogP contribution >= 0.6 is 22.7 Å². The number of thiophene rings is 2. The van der Waals surface area contributed by atoms with Crippen LogP contribution in [0.4, 0.5) is 0 Å². The van der Waals surface area contributed by atoms with Gasteiger partial charge < -0.3 is 4.98 Å². The molecule has 0 saturated heterocycles. The Kier molecular flexibility index (Phi) is 4.96. The zero-order chi connectivity index (χ0) is 18.9. The Bertz CT molecular complexity index is 1060. The van der Waals surface area contributed by atoms with Crippen molar-refractivity contribution in [2.45, 2.75) is 38.8 Å². The van der Waals surface area contributed by atoms with Gasteiger partial charge in [-0.15, -0.1) is 22.7 Å². The third-order valence-corrected chi connectivity index (χ3v) is 7.49. The summed E-state index contributed by atoms with van der Waals surface area (Å²) in [7, 11) is 0. The topological polar surface area (TPSA) is 61.4 Å². The molecule has 0 amide bonds. The van der Waals surface area contributed by atoms with Crippen LogP contribution in [-0.4, -0.2) is 33.7 Å². The summed E-state index contributed by atoms with van der Waals surface area (Å²) >= 11 is 3.62. The van der Waals surface area contributed by atoms with Gasteiger partial charge in [-0.25, -0.2) is 4.98 Å². The summed E-state index contributed by atoms with van der Waals surface area (Å²) < 4.78 is 0. The lowest BCUT2D eigenvalue weighted by atomic mass is 10.1. The Morgan fingerprint density at radius 3 is 2.93 bits per heavy atom. The first-order valence-corrected chi connectivity index (χ1v) is 11.5. The molecule has 0 unspecified atom stereocenters. The van der Waals surface area contributed by atoms with Crippen LogP contribution in [0.2, 0.25) is 0 Å². The third-order valence-electron chi connectivity index (χ3n) is 5.35. The standard InChI is InChI=1S/C21H22N4OS2/c26-21-15-13-25(12-14-6-7-19(28-14)18-5-3-11-27-18)10-8-16(15)23-20(24-21)17-4-1-2-9-22-17/h3,5-7,11H,1-2,4,8-10,12-13H2,(H,23,24,26). The van der Waals surface area contributed by atoms with Gasteiger partial charge >= 0.3 is 0 Å². The molecule has 5 rings (SSSR count).